The molecule has 0 aliphatic carbocycles. The van der Waals surface area contributed by atoms with Gasteiger partial charge in [-0.25, -0.2) is 9.48 Å². The number of H-pyrrole nitrogens is 1. The Balaban J connectivity index is 2.18. The topological polar surface area (TPSA) is 122 Å². The molecule has 8 nitrogen and oxygen atoms in total. The number of carboxylic acids is 1. The average Bonchev–Trinajstić information content (AvgIpc) is 2.95. The summed E-state index contributed by atoms with van der Waals surface area (Å²) in [5.74, 6) is -1.93. The fourth-order valence-electron chi connectivity index (χ4n) is 3.47. The molecule has 2 N–H and O–H groups in total. The molecule has 2 heterocycles. The molecule has 2 aromatic heterocycles. The molecule has 0 saturated carbocycles. The fraction of sp³-hybridized carbons (Fsp3) is 0.250. The molecule has 0 bridgehead atoms. The molecule has 144 valence electrons. The van der Waals surface area contributed by atoms with Crippen LogP contribution in [0.4, 0.5) is 0 Å². The Labute approximate surface area is 159 Å². The van der Waals surface area contributed by atoms with Gasteiger partial charge in [0.05, 0.1) is 11.1 Å². The van der Waals surface area contributed by atoms with Gasteiger partial charge >= 0.3 is 5.97 Å². The second kappa shape index (κ2) is 6.88. The summed E-state index contributed by atoms with van der Waals surface area (Å²) in [7, 11) is 0. The molecule has 0 unspecified atom stereocenters. The molecule has 0 radical (unpaired) electrons. The van der Waals surface area contributed by atoms with Crippen LogP contribution in [0.5, 0.6) is 0 Å². The van der Waals surface area contributed by atoms with Crippen molar-refractivity contribution in [2.24, 2.45) is 0 Å². The lowest BCUT2D eigenvalue weighted by Crippen LogP contribution is -2.32. The van der Waals surface area contributed by atoms with E-state index in [-0.39, 0.29) is 27.9 Å². The lowest BCUT2D eigenvalue weighted by molar-refractivity contribution is 0.0686. The number of carbonyl (C=O) groups is 3. The zero-order valence-electron chi connectivity index (χ0n) is 15.9. The lowest BCUT2D eigenvalue weighted by atomic mass is 10.0. The number of carbonyl (C=O) groups excluding carboxylic acids is 2. The number of fused-ring (bicyclic) bond motifs is 1. The molecule has 0 amide bonds. The van der Waals surface area contributed by atoms with Gasteiger partial charge in [0.1, 0.15) is 6.04 Å². The Hall–Kier alpha value is -3.55. The van der Waals surface area contributed by atoms with E-state index in [2.05, 4.69) is 10.1 Å². The van der Waals surface area contributed by atoms with Crippen LogP contribution in [-0.4, -0.2) is 37.4 Å². The molecular formula is C20H19N3O5. The van der Waals surface area contributed by atoms with Crippen LogP contribution < -0.4 is 5.56 Å². The van der Waals surface area contributed by atoms with Crippen molar-refractivity contribution >= 4 is 28.3 Å². The van der Waals surface area contributed by atoms with Crippen LogP contribution in [0.15, 0.2) is 29.1 Å². The normalized spacial score (nSPS) is 12.1. The number of aromatic nitrogens is 3. The highest BCUT2D eigenvalue weighted by Crippen LogP contribution is 2.23. The summed E-state index contributed by atoms with van der Waals surface area (Å²) >= 11 is 0. The SMILES string of the molecule is CC(=O)c1c(C)[nH]c(C(=O)[C@H](C)n2nc(C(=O)O)c3ccccc3c2=O)c1C. The van der Waals surface area contributed by atoms with Crippen LogP contribution in [0.1, 0.15) is 62.5 Å². The number of nitrogens with one attached hydrogen (secondary N) is 1. The molecule has 3 aromatic rings. The number of benzene rings is 1. The van der Waals surface area contributed by atoms with E-state index in [9.17, 15) is 24.3 Å². The van der Waals surface area contributed by atoms with Gasteiger partial charge in [0.25, 0.3) is 5.56 Å². The maximum atomic E-state index is 13.0. The number of hydrogen-bond donors (Lipinski definition) is 2. The smallest absolute Gasteiger partial charge is 0.357 e. The molecular weight excluding hydrogens is 362 g/mol. The number of aromatic carboxylic acids is 1. The van der Waals surface area contributed by atoms with Gasteiger partial charge < -0.3 is 10.1 Å². The first-order valence-electron chi connectivity index (χ1n) is 8.64. The Kier molecular flexibility index (Phi) is 4.72. The van der Waals surface area contributed by atoms with E-state index in [1.807, 2.05) is 0 Å². The number of aryl methyl sites for hydroxylation is 1. The Morgan fingerprint density at radius 3 is 2.29 bits per heavy atom. The Bertz CT molecular complexity index is 1200. The second-order valence-corrected chi connectivity index (χ2v) is 6.67. The summed E-state index contributed by atoms with van der Waals surface area (Å²) in [5.41, 5.74) is 0.821. The lowest BCUT2D eigenvalue weighted by Gasteiger charge is -2.15. The van der Waals surface area contributed by atoms with Crippen molar-refractivity contribution in [3.05, 3.63) is 62.8 Å². The summed E-state index contributed by atoms with van der Waals surface area (Å²) in [4.78, 5) is 52.2. The molecule has 1 atom stereocenters. The van der Waals surface area contributed by atoms with E-state index in [1.165, 1.54) is 26.0 Å². The van der Waals surface area contributed by atoms with Gasteiger partial charge in [-0.15, -0.1) is 0 Å². The highest BCUT2D eigenvalue weighted by Gasteiger charge is 2.27. The van der Waals surface area contributed by atoms with Crippen molar-refractivity contribution in [3.63, 3.8) is 0 Å². The van der Waals surface area contributed by atoms with E-state index >= 15 is 0 Å². The van der Waals surface area contributed by atoms with Crippen LogP contribution in [0.2, 0.25) is 0 Å². The van der Waals surface area contributed by atoms with Crippen molar-refractivity contribution < 1.29 is 19.5 Å². The number of ketones is 2. The van der Waals surface area contributed by atoms with Gasteiger partial charge in [-0.1, -0.05) is 18.2 Å². The first kappa shape index (κ1) is 19.2. The number of carboxylic acid groups (broad SMARTS) is 1. The largest absolute Gasteiger partial charge is 0.476 e. The van der Waals surface area contributed by atoms with Gasteiger partial charge in [0, 0.05) is 16.6 Å². The van der Waals surface area contributed by atoms with Crippen molar-refractivity contribution in [1.29, 1.82) is 0 Å². The quantitative estimate of drug-likeness (QED) is 0.655. The standard InChI is InChI=1S/C20H19N3O5/c1-9-15(12(4)24)10(2)21-16(9)18(25)11(3)23-19(26)14-8-6-5-7-13(14)17(22-23)20(27)28/h5-8,11,21H,1-4H3,(H,27,28)/t11-/m0/s1. The summed E-state index contributed by atoms with van der Waals surface area (Å²) in [5, 5.41) is 13.8. The predicted molar refractivity (Wildman–Crippen MR) is 102 cm³/mol. The summed E-state index contributed by atoms with van der Waals surface area (Å²) in [6.45, 7) is 6.23. The highest BCUT2D eigenvalue weighted by atomic mass is 16.4. The van der Waals surface area contributed by atoms with Crippen molar-refractivity contribution in [2.45, 2.75) is 33.7 Å². The average molecular weight is 381 g/mol. The number of hydrogen-bond acceptors (Lipinski definition) is 5. The third-order valence-electron chi connectivity index (χ3n) is 4.81. The highest BCUT2D eigenvalue weighted by molar-refractivity contribution is 6.05. The van der Waals surface area contributed by atoms with Gasteiger partial charge in [0.2, 0.25) is 5.78 Å². The van der Waals surface area contributed by atoms with Gasteiger partial charge in [-0.2, -0.15) is 5.10 Å². The van der Waals surface area contributed by atoms with Crippen LogP contribution in [-0.2, 0) is 0 Å². The molecule has 0 aliphatic heterocycles. The van der Waals surface area contributed by atoms with Crippen LogP contribution in [0.25, 0.3) is 10.8 Å². The minimum atomic E-state index is -1.30. The Morgan fingerprint density at radius 2 is 1.75 bits per heavy atom. The second-order valence-electron chi connectivity index (χ2n) is 6.67. The van der Waals surface area contributed by atoms with E-state index in [4.69, 9.17) is 0 Å². The van der Waals surface area contributed by atoms with E-state index in [0.717, 1.165) is 4.68 Å². The maximum absolute atomic E-state index is 13.0. The van der Waals surface area contributed by atoms with Crippen LogP contribution >= 0.6 is 0 Å². The van der Waals surface area contributed by atoms with E-state index < -0.39 is 23.4 Å². The Morgan fingerprint density at radius 1 is 1.14 bits per heavy atom. The zero-order chi connectivity index (χ0) is 20.7. The third kappa shape index (κ3) is 2.92. The molecule has 28 heavy (non-hydrogen) atoms. The third-order valence-corrected chi connectivity index (χ3v) is 4.81. The fourth-order valence-corrected chi connectivity index (χ4v) is 3.47. The number of Topliss-reactive ketones (excluding diaryl/α,β-unsaturated/α-hetero) is 2. The number of aromatic amines is 1. The monoisotopic (exact) mass is 381 g/mol. The first-order valence-corrected chi connectivity index (χ1v) is 8.64. The van der Waals surface area contributed by atoms with Gasteiger partial charge in [-0.05, 0) is 39.3 Å². The van der Waals surface area contributed by atoms with E-state index in [1.54, 1.807) is 26.0 Å². The summed E-state index contributed by atoms with van der Waals surface area (Å²) < 4.78 is 0.886. The van der Waals surface area contributed by atoms with Crippen LogP contribution in [0.3, 0.4) is 0 Å². The van der Waals surface area contributed by atoms with E-state index in [0.29, 0.717) is 16.8 Å². The van der Waals surface area contributed by atoms with Crippen molar-refractivity contribution in [1.82, 2.24) is 14.8 Å². The number of rotatable bonds is 5. The van der Waals surface area contributed by atoms with Crippen LogP contribution in [0, 0.1) is 13.8 Å². The predicted octanol–water partition coefficient (Wildman–Crippen LogP) is 2.69. The molecule has 0 fully saturated rings. The number of nitrogens with zero attached hydrogens (tertiary/aromatic N) is 2. The molecule has 0 aliphatic rings. The summed E-state index contributed by atoms with van der Waals surface area (Å²) in [6, 6.07) is 5.16. The van der Waals surface area contributed by atoms with Gasteiger partial charge in [0.15, 0.2) is 11.5 Å². The van der Waals surface area contributed by atoms with Gasteiger partial charge in [-0.3, -0.25) is 14.4 Å². The maximum Gasteiger partial charge on any atom is 0.357 e. The zero-order valence-corrected chi connectivity index (χ0v) is 15.9. The first-order chi connectivity index (χ1) is 13.1. The van der Waals surface area contributed by atoms with Crippen molar-refractivity contribution in [3.8, 4) is 0 Å². The summed E-state index contributed by atoms with van der Waals surface area (Å²) in [6.07, 6.45) is 0. The molecule has 1 aromatic carbocycles. The molecule has 0 spiro atoms. The minimum absolute atomic E-state index is 0.165. The molecule has 8 heteroatoms. The minimum Gasteiger partial charge on any atom is -0.476 e. The van der Waals surface area contributed by atoms with Crippen molar-refractivity contribution in [2.75, 3.05) is 0 Å². The molecule has 3 rings (SSSR count). The molecule has 0 saturated heterocycles.